The Morgan fingerprint density at radius 3 is 2.64 bits per heavy atom. The van der Waals surface area contributed by atoms with Crippen molar-refractivity contribution in [3.8, 4) is 5.75 Å². The van der Waals surface area contributed by atoms with Gasteiger partial charge in [-0.05, 0) is 24.5 Å². The molecule has 1 aliphatic rings. The van der Waals surface area contributed by atoms with Crippen molar-refractivity contribution >= 4 is 5.69 Å². The van der Waals surface area contributed by atoms with Crippen molar-refractivity contribution in [2.45, 2.75) is 31.5 Å². The number of nitrogens with zero attached hydrogens (tertiary/aromatic N) is 2. The third-order valence-corrected chi connectivity index (χ3v) is 4.21. The summed E-state index contributed by atoms with van der Waals surface area (Å²) in [4.78, 5) is 12.6. The number of aliphatic hydroxyl groups excluding tert-OH is 1. The van der Waals surface area contributed by atoms with E-state index in [4.69, 9.17) is 4.74 Å². The fraction of sp³-hybridized carbons (Fsp3) is 0.368. The van der Waals surface area contributed by atoms with Crippen molar-refractivity contribution in [2.75, 3.05) is 13.2 Å². The summed E-state index contributed by atoms with van der Waals surface area (Å²) >= 11 is 0. The summed E-state index contributed by atoms with van der Waals surface area (Å²) in [6.07, 6.45) is 1.67. The van der Waals surface area contributed by atoms with Crippen LogP contribution in [0.2, 0.25) is 0 Å². The zero-order valence-corrected chi connectivity index (χ0v) is 14.0. The average Bonchev–Trinajstić information content (AvgIpc) is 3.46. The Morgan fingerprint density at radius 2 is 1.96 bits per heavy atom. The lowest BCUT2D eigenvalue weighted by Crippen LogP contribution is -2.36. The van der Waals surface area contributed by atoms with Gasteiger partial charge in [-0.1, -0.05) is 36.4 Å². The van der Waals surface area contributed by atoms with E-state index in [0.29, 0.717) is 18.3 Å². The molecule has 1 N–H and O–H groups in total. The molecule has 3 rings (SSSR count). The molecule has 0 amide bonds. The number of nitro groups is 1. The van der Waals surface area contributed by atoms with Gasteiger partial charge < -0.3 is 9.84 Å². The molecular formula is C19H22N2O4. The van der Waals surface area contributed by atoms with E-state index < -0.39 is 11.0 Å². The minimum atomic E-state index is -0.649. The van der Waals surface area contributed by atoms with E-state index in [2.05, 4.69) is 17.0 Å². The summed E-state index contributed by atoms with van der Waals surface area (Å²) in [5, 5.41) is 21.1. The van der Waals surface area contributed by atoms with E-state index in [-0.39, 0.29) is 12.3 Å². The molecule has 25 heavy (non-hydrogen) atoms. The summed E-state index contributed by atoms with van der Waals surface area (Å²) < 4.78 is 5.53. The molecule has 0 radical (unpaired) electrons. The third kappa shape index (κ3) is 5.27. The highest BCUT2D eigenvalue weighted by Crippen LogP contribution is 2.28. The quantitative estimate of drug-likeness (QED) is 0.560. The first-order valence-electron chi connectivity index (χ1n) is 8.45. The van der Waals surface area contributed by atoms with Gasteiger partial charge in [0.05, 0.1) is 11.0 Å². The zero-order valence-electron chi connectivity index (χ0n) is 14.0. The van der Waals surface area contributed by atoms with Crippen molar-refractivity contribution in [1.29, 1.82) is 0 Å². The number of aliphatic hydroxyl groups is 1. The number of hydrogen-bond donors (Lipinski definition) is 1. The van der Waals surface area contributed by atoms with Gasteiger partial charge in [0.15, 0.2) is 0 Å². The number of hydrogen-bond acceptors (Lipinski definition) is 5. The fourth-order valence-electron chi connectivity index (χ4n) is 2.80. The smallest absolute Gasteiger partial charge is 0.273 e. The minimum Gasteiger partial charge on any atom is -0.491 e. The fourth-order valence-corrected chi connectivity index (χ4v) is 2.80. The van der Waals surface area contributed by atoms with Crippen LogP contribution < -0.4 is 4.74 Å². The van der Waals surface area contributed by atoms with Crippen molar-refractivity contribution < 1.29 is 14.8 Å². The average molecular weight is 342 g/mol. The Bertz CT molecular complexity index is 704. The lowest BCUT2D eigenvalue weighted by molar-refractivity contribution is -0.384. The van der Waals surface area contributed by atoms with Crippen molar-refractivity contribution in [3.63, 3.8) is 0 Å². The maximum absolute atomic E-state index is 10.8. The van der Waals surface area contributed by atoms with Gasteiger partial charge in [-0.15, -0.1) is 0 Å². The van der Waals surface area contributed by atoms with Crippen LogP contribution in [0.5, 0.6) is 5.75 Å². The summed E-state index contributed by atoms with van der Waals surface area (Å²) in [7, 11) is 0. The zero-order chi connectivity index (χ0) is 17.6. The second kappa shape index (κ2) is 8.09. The molecule has 0 spiro atoms. The SMILES string of the molecule is O=[N+]([O-])c1cccc(OCC(O)CN(Cc2ccccc2)C2CC2)c1. The summed E-state index contributed by atoms with van der Waals surface area (Å²) in [5.41, 5.74) is 1.21. The molecule has 1 saturated carbocycles. The molecule has 2 aromatic rings. The molecule has 1 aliphatic carbocycles. The van der Waals surface area contributed by atoms with Crippen LogP contribution in [-0.2, 0) is 6.54 Å². The van der Waals surface area contributed by atoms with Gasteiger partial charge >= 0.3 is 0 Å². The molecular weight excluding hydrogens is 320 g/mol. The van der Waals surface area contributed by atoms with Crippen LogP contribution in [0.3, 0.4) is 0 Å². The molecule has 6 heteroatoms. The highest BCUT2D eigenvalue weighted by Gasteiger charge is 2.30. The molecule has 0 heterocycles. The molecule has 1 unspecified atom stereocenters. The van der Waals surface area contributed by atoms with Crippen molar-refractivity contribution in [2.24, 2.45) is 0 Å². The number of benzene rings is 2. The van der Waals surface area contributed by atoms with E-state index in [1.165, 1.54) is 17.7 Å². The standard InChI is InChI=1S/C19H22N2O4/c22-18(14-25-19-8-4-7-17(11-19)21(23)24)13-20(16-9-10-16)12-15-5-2-1-3-6-15/h1-8,11,16,18,22H,9-10,12-14H2. The normalized spacial score (nSPS) is 15.1. The number of nitro benzene ring substituents is 1. The summed E-state index contributed by atoms with van der Waals surface area (Å²) in [6, 6.07) is 16.7. The highest BCUT2D eigenvalue weighted by molar-refractivity contribution is 5.37. The molecule has 0 bridgehead atoms. The van der Waals surface area contributed by atoms with Crippen LogP contribution in [0.25, 0.3) is 0 Å². The van der Waals surface area contributed by atoms with E-state index in [0.717, 1.165) is 19.4 Å². The molecule has 132 valence electrons. The van der Waals surface area contributed by atoms with Crippen LogP contribution in [0.4, 0.5) is 5.69 Å². The van der Waals surface area contributed by atoms with Crippen LogP contribution in [-0.4, -0.2) is 40.2 Å². The van der Waals surface area contributed by atoms with E-state index in [9.17, 15) is 15.2 Å². The van der Waals surface area contributed by atoms with Gasteiger partial charge in [0.2, 0.25) is 0 Å². The minimum absolute atomic E-state index is 0.0179. The molecule has 1 fully saturated rings. The summed E-state index contributed by atoms with van der Waals surface area (Å²) in [5.74, 6) is 0.397. The van der Waals surface area contributed by atoms with Crippen molar-refractivity contribution in [1.82, 2.24) is 4.90 Å². The largest absolute Gasteiger partial charge is 0.491 e. The van der Waals surface area contributed by atoms with Gasteiger partial charge in [0.25, 0.3) is 5.69 Å². The van der Waals surface area contributed by atoms with Crippen molar-refractivity contribution in [3.05, 3.63) is 70.3 Å². The number of rotatable bonds is 9. The Morgan fingerprint density at radius 1 is 1.20 bits per heavy atom. The molecule has 0 aromatic heterocycles. The Balaban J connectivity index is 1.52. The van der Waals surface area contributed by atoms with Gasteiger partial charge in [-0.2, -0.15) is 0 Å². The van der Waals surface area contributed by atoms with Gasteiger partial charge in [-0.25, -0.2) is 0 Å². The van der Waals surface area contributed by atoms with Gasteiger partial charge in [-0.3, -0.25) is 15.0 Å². The number of non-ortho nitro benzene ring substituents is 1. The van der Waals surface area contributed by atoms with Crippen LogP contribution in [0, 0.1) is 10.1 Å². The van der Waals surface area contributed by atoms with Crippen LogP contribution in [0.1, 0.15) is 18.4 Å². The second-order valence-electron chi connectivity index (χ2n) is 6.37. The number of ether oxygens (including phenoxy) is 1. The maximum atomic E-state index is 10.8. The first-order chi connectivity index (χ1) is 12.1. The summed E-state index contributed by atoms with van der Waals surface area (Å²) in [6.45, 7) is 1.44. The third-order valence-electron chi connectivity index (χ3n) is 4.21. The Hall–Kier alpha value is -2.44. The molecule has 0 aliphatic heterocycles. The predicted octanol–water partition coefficient (Wildman–Crippen LogP) is 3.00. The Labute approximate surface area is 146 Å². The van der Waals surface area contributed by atoms with E-state index in [1.54, 1.807) is 12.1 Å². The molecule has 2 aromatic carbocycles. The molecule has 1 atom stereocenters. The molecule has 0 saturated heterocycles. The second-order valence-corrected chi connectivity index (χ2v) is 6.37. The predicted molar refractivity (Wildman–Crippen MR) is 94.5 cm³/mol. The molecule has 6 nitrogen and oxygen atoms in total. The Kier molecular flexibility index (Phi) is 5.63. The lowest BCUT2D eigenvalue weighted by atomic mass is 10.2. The highest BCUT2D eigenvalue weighted by atomic mass is 16.6. The van der Waals surface area contributed by atoms with Gasteiger partial charge in [0, 0.05) is 25.2 Å². The topological polar surface area (TPSA) is 75.8 Å². The first-order valence-corrected chi connectivity index (χ1v) is 8.45. The van der Waals surface area contributed by atoms with E-state index in [1.807, 2.05) is 18.2 Å². The van der Waals surface area contributed by atoms with Gasteiger partial charge in [0.1, 0.15) is 18.5 Å². The van der Waals surface area contributed by atoms with Crippen LogP contribution >= 0.6 is 0 Å². The lowest BCUT2D eigenvalue weighted by Gasteiger charge is -2.25. The van der Waals surface area contributed by atoms with E-state index >= 15 is 0 Å². The first kappa shape index (κ1) is 17.4. The monoisotopic (exact) mass is 342 g/mol. The van der Waals surface area contributed by atoms with Crippen LogP contribution in [0.15, 0.2) is 54.6 Å². The maximum Gasteiger partial charge on any atom is 0.273 e.